The highest BCUT2D eigenvalue weighted by Gasteiger charge is 2.00. The van der Waals surface area contributed by atoms with Gasteiger partial charge in [0.15, 0.2) is 0 Å². The van der Waals surface area contributed by atoms with E-state index < -0.39 is 0 Å². The van der Waals surface area contributed by atoms with Crippen LogP contribution in [0.25, 0.3) is 0 Å². The Morgan fingerprint density at radius 1 is 1.31 bits per heavy atom. The molecule has 2 rings (SSSR count). The summed E-state index contributed by atoms with van der Waals surface area (Å²) in [5.41, 5.74) is 2.96. The third kappa shape index (κ3) is 2.52. The van der Waals surface area contributed by atoms with Gasteiger partial charge in [0.05, 0.1) is 30.3 Å². The van der Waals surface area contributed by atoms with E-state index in [1.54, 1.807) is 6.20 Å². The Labute approximate surface area is 99.1 Å². The maximum atomic E-state index is 5.85. The van der Waals surface area contributed by atoms with Gasteiger partial charge in [-0.1, -0.05) is 11.6 Å². The number of halogens is 1. The van der Waals surface area contributed by atoms with Crippen LogP contribution in [0.4, 0.5) is 5.69 Å². The number of aromatic nitrogens is 3. The molecule has 2 N–H and O–H groups in total. The van der Waals surface area contributed by atoms with Gasteiger partial charge in [-0.15, -0.1) is 0 Å². The van der Waals surface area contributed by atoms with Gasteiger partial charge in [0.2, 0.25) is 0 Å². The third-order valence-electron chi connectivity index (χ3n) is 2.25. The van der Waals surface area contributed by atoms with Gasteiger partial charge < -0.3 is 10.3 Å². The smallest absolute Gasteiger partial charge is 0.132 e. The summed E-state index contributed by atoms with van der Waals surface area (Å²) < 4.78 is 0. The number of nitrogens with one attached hydrogen (secondary N) is 2. The number of pyridine rings is 1. The Kier molecular flexibility index (Phi) is 3.10. The zero-order chi connectivity index (χ0) is 11.5. The first kappa shape index (κ1) is 11.0. The summed E-state index contributed by atoms with van der Waals surface area (Å²) in [6, 6.07) is 1.97. The molecule has 2 aromatic rings. The Morgan fingerprint density at radius 2 is 2.12 bits per heavy atom. The lowest BCUT2D eigenvalue weighted by atomic mass is 10.3. The lowest BCUT2D eigenvalue weighted by Gasteiger charge is -2.05. The number of hydrogen-bond acceptors (Lipinski definition) is 3. The molecule has 0 bridgehead atoms. The molecule has 84 valence electrons. The van der Waals surface area contributed by atoms with E-state index in [4.69, 9.17) is 11.6 Å². The molecule has 0 spiro atoms. The monoisotopic (exact) mass is 236 g/mol. The fourth-order valence-electron chi connectivity index (χ4n) is 1.41. The zero-order valence-corrected chi connectivity index (χ0v) is 9.97. The minimum atomic E-state index is 0.544. The number of anilines is 1. The van der Waals surface area contributed by atoms with E-state index in [9.17, 15) is 0 Å². The molecule has 0 unspecified atom stereocenters. The normalized spacial score (nSPS) is 10.4. The Balaban J connectivity index is 2.02. The van der Waals surface area contributed by atoms with Crippen molar-refractivity contribution in [2.45, 2.75) is 20.4 Å². The molecule has 0 aromatic carbocycles. The molecular weight excluding hydrogens is 224 g/mol. The first-order chi connectivity index (χ1) is 7.65. The molecule has 0 aliphatic heterocycles. The van der Waals surface area contributed by atoms with Crippen LogP contribution in [-0.2, 0) is 6.54 Å². The molecule has 0 atom stereocenters. The van der Waals surface area contributed by atoms with E-state index in [0.717, 1.165) is 22.8 Å². The first-order valence-corrected chi connectivity index (χ1v) is 5.39. The number of rotatable bonds is 3. The summed E-state index contributed by atoms with van der Waals surface area (Å²) >= 11 is 5.85. The second-order valence-corrected chi connectivity index (χ2v) is 4.04. The van der Waals surface area contributed by atoms with Crippen molar-refractivity contribution in [2.24, 2.45) is 0 Å². The van der Waals surface area contributed by atoms with Crippen molar-refractivity contribution in [1.29, 1.82) is 0 Å². The number of imidazole rings is 1. The summed E-state index contributed by atoms with van der Waals surface area (Å²) in [5.74, 6) is 0.919. The number of aromatic amines is 1. The topological polar surface area (TPSA) is 53.6 Å². The van der Waals surface area contributed by atoms with Gasteiger partial charge in [-0.2, -0.15) is 0 Å². The number of hydrogen-bond donors (Lipinski definition) is 2. The highest BCUT2D eigenvalue weighted by Crippen LogP contribution is 2.16. The van der Waals surface area contributed by atoms with Crippen LogP contribution in [0, 0.1) is 13.8 Å². The quantitative estimate of drug-likeness (QED) is 0.806. The molecule has 0 saturated carbocycles. The Hall–Kier alpha value is -1.55. The van der Waals surface area contributed by atoms with Gasteiger partial charge in [-0.05, 0) is 25.5 Å². The van der Waals surface area contributed by atoms with Gasteiger partial charge >= 0.3 is 0 Å². The largest absolute Gasteiger partial charge is 0.378 e. The highest BCUT2D eigenvalue weighted by molar-refractivity contribution is 6.30. The summed E-state index contributed by atoms with van der Waals surface area (Å²) in [7, 11) is 0. The van der Waals surface area contributed by atoms with Crippen molar-refractivity contribution in [1.82, 2.24) is 15.0 Å². The van der Waals surface area contributed by atoms with Crippen molar-refractivity contribution < 1.29 is 0 Å². The van der Waals surface area contributed by atoms with E-state index in [1.165, 1.54) is 0 Å². The molecule has 0 radical (unpaired) electrons. The molecule has 0 amide bonds. The van der Waals surface area contributed by atoms with Crippen molar-refractivity contribution in [3.8, 4) is 0 Å². The van der Waals surface area contributed by atoms with E-state index in [-0.39, 0.29) is 0 Å². The standard InChI is InChI=1S/C11H13ClN4/c1-7-3-9(4-15-11(7)12)14-6-10-5-13-8(2)16-10/h3-5,14H,6H2,1-2H3,(H,13,16). The fourth-order valence-corrected chi connectivity index (χ4v) is 1.52. The molecule has 16 heavy (non-hydrogen) atoms. The number of H-pyrrole nitrogens is 1. The van der Waals surface area contributed by atoms with Gasteiger partial charge in [0.25, 0.3) is 0 Å². The molecule has 4 nitrogen and oxygen atoms in total. The highest BCUT2D eigenvalue weighted by atomic mass is 35.5. The van der Waals surface area contributed by atoms with Gasteiger partial charge in [0, 0.05) is 0 Å². The van der Waals surface area contributed by atoms with E-state index in [2.05, 4.69) is 20.3 Å². The van der Waals surface area contributed by atoms with Crippen LogP contribution in [0.5, 0.6) is 0 Å². The molecule has 0 aliphatic rings. The zero-order valence-electron chi connectivity index (χ0n) is 9.21. The molecule has 2 heterocycles. The number of aryl methyl sites for hydroxylation is 2. The van der Waals surface area contributed by atoms with Crippen molar-refractivity contribution in [2.75, 3.05) is 5.32 Å². The second kappa shape index (κ2) is 4.53. The second-order valence-electron chi connectivity index (χ2n) is 3.68. The first-order valence-electron chi connectivity index (χ1n) is 5.01. The lowest BCUT2D eigenvalue weighted by Crippen LogP contribution is -2.00. The fraction of sp³-hybridized carbons (Fsp3) is 0.273. The summed E-state index contributed by atoms with van der Waals surface area (Å²) in [5, 5.41) is 3.79. The van der Waals surface area contributed by atoms with E-state index in [0.29, 0.717) is 11.7 Å². The minimum Gasteiger partial charge on any atom is -0.378 e. The number of nitrogens with zero attached hydrogens (tertiary/aromatic N) is 2. The molecule has 2 aromatic heterocycles. The van der Waals surface area contributed by atoms with Gasteiger partial charge in [0.1, 0.15) is 11.0 Å². The predicted octanol–water partition coefficient (Wildman–Crippen LogP) is 2.69. The van der Waals surface area contributed by atoms with E-state index >= 15 is 0 Å². The minimum absolute atomic E-state index is 0.544. The maximum Gasteiger partial charge on any atom is 0.132 e. The van der Waals surface area contributed by atoms with Crippen molar-refractivity contribution in [3.63, 3.8) is 0 Å². The Morgan fingerprint density at radius 3 is 2.75 bits per heavy atom. The molecule has 0 saturated heterocycles. The molecule has 0 aliphatic carbocycles. The molecule has 0 fully saturated rings. The van der Waals surface area contributed by atoms with Crippen molar-refractivity contribution in [3.05, 3.63) is 40.7 Å². The van der Waals surface area contributed by atoms with Crippen LogP contribution in [0.3, 0.4) is 0 Å². The summed E-state index contributed by atoms with van der Waals surface area (Å²) in [6.07, 6.45) is 3.54. The molecule has 5 heteroatoms. The third-order valence-corrected chi connectivity index (χ3v) is 2.65. The lowest BCUT2D eigenvalue weighted by molar-refractivity contribution is 1.04. The summed E-state index contributed by atoms with van der Waals surface area (Å²) in [4.78, 5) is 11.4. The Bertz CT molecular complexity index is 492. The average molecular weight is 237 g/mol. The SMILES string of the molecule is Cc1ncc(CNc2cnc(Cl)c(C)c2)[nH]1. The van der Waals surface area contributed by atoms with Gasteiger partial charge in [-0.3, -0.25) is 0 Å². The van der Waals surface area contributed by atoms with E-state index in [1.807, 2.05) is 26.1 Å². The average Bonchev–Trinajstić information content (AvgIpc) is 2.66. The van der Waals surface area contributed by atoms with Crippen LogP contribution < -0.4 is 5.32 Å². The summed E-state index contributed by atoms with van der Waals surface area (Å²) in [6.45, 7) is 4.56. The van der Waals surface area contributed by atoms with Crippen LogP contribution >= 0.6 is 11.6 Å². The molecular formula is C11H13ClN4. The van der Waals surface area contributed by atoms with Crippen LogP contribution in [0.2, 0.25) is 5.15 Å². The maximum absolute atomic E-state index is 5.85. The van der Waals surface area contributed by atoms with Crippen LogP contribution in [0.15, 0.2) is 18.5 Å². The van der Waals surface area contributed by atoms with Crippen molar-refractivity contribution >= 4 is 17.3 Å². The van der Waals surface area contributed by atoms with Crippen LogP contribution in [0.1, 0.15) is 17.1 Å². The predicted molar refractivity (Wildman–Crippen MR) is 64.6 cm³/mol. The van der Waals surface area contributed by atoms with Crippen LogP contribution in [-0.4, -0.2) is 15.0 Å². The van der Waals surface area contributed by atoms with Gasteiger partial charge in [-0.25, -0.2) is 9.97 Å².